The lowest BCUT2D eigenvalue weighted by Gasteiger charge is -2.45. The normalized spacial score (nSPS) is 17.8. The lowest BCUT2D eigenvalue weighted by molar-refractivity contribution is -0.0803. The molecule has 1 aromatic heterocycles. The van der Waals surface area contributed by atoms with E-state index >= 15 is 0 Å². The van der Waals surface area contributed by atoms with Crippen molar-refractivity contribution in [3.63, 3.8) is 0 Å². The van der Waals surface area contributed by atoms with E-state index in [2.05, 4.69) is 15.3 Å². The van der Waals surface area contributed by atoms with Crippen LogP contribution in [0.1, 0.15) is 59.6 Å². The molecule has 9 nitrogen and oxygen atoms in total. The largest absolute Gasteiger partial charge is 0.485 e. The first-order valence-electron chi connectivity index (χ1n) is 14.0. The molecule has 220 valence electrons. The third-order valence-electron chi connectivity index (χ3n) is 7.65. The predicted molar refractivity (Wildman–Crippen MR) is 160 cm³/mol. The number of H-pyrrole nitrogens is 1. The number of hydrogen-bond acceptors (Lipinski definition) is 6. The van der Waals surface area contributed by atoms with E-state index in [0.717, 1.165) is 17.5 Å². The minimum absolute atomic E-state index is 0.0807. The molecule has 1 amide bonds. The molecule has 3 N–H and O–H groups in total. The summed E-state index contributed by atoms with van der Waals surface area (Å²) in [7, 11) is -4.14. The summed E-state index contributed by atoms with van der Waals surface area (Å²) >= 11 is 0. The minimum Gasteiger partial charge on any atom is -0.485 e. The van der Waals surface area contributed by atoms with E-state index in [1.807, 2.05) is 37.3 Å². The Morgan fingerprint density at radius 2 is 1.81 bits per heavy atom. The molecule has 3 aromatic carbocycles. The number of ether oxygens (including phenoxy) is 1. The highest BCUT2D eigenvalue weighted by Crippen LogP contribution is 2.45. The molecule has 1 aliphatic heterocycles. The number of aliphatic hydroxyl groups excluding tert-OH is 1. The molecule has 0 bridgehead atoms. The van der Waals surface area contributed by atoms with Crippen molar-refractivity contribution in [3.8, 4) is 5.75 Å². The molecule has 0 saturated heterocycles. The van der Waals surface area contributed by atoms with Crippen molar-refractivity contribution in [1.82, 2.24) is 19.6 Å². The van der Waals surface area contributed by atoms with Crippen molar-refractivity contribution in [3.05, 3.63) is 113 Å². The van der Waals surface area contributed by atoms with Gasteiger partial charge in [0, 0.05) is 29.6 Å². The second-order valence-electron chi connectivity index (χ2n) is 11.0. The van der Waals surface area contributed by atoms with Gasteiger partial charge in [0.25, 0.3) is 5.91 Å². The monoisotopic (exact) mass is 588 g/mol. The Labute approximate surface area is 246 Å². The van der Waals surface area contributed by atoms with Gasteiger partial charge in [0.1, 0.15) is 17.5 Å². The second kappa shape index (κ2) is 12.1. The summed E-state index contributed by atoms with van der Waals surface area (Å²) in [6.45, 7) is 5.79. The van der Waals surface area contributed by atoms with E-state index in [-0.39, 0.29) is 17.3 Å². The molecule has 1 aliphatic rings. The van der Waals surface area contributed by atoms with Gasteiger partial charge in [-0.3, -0.25) is 4.79 Å². The molecule has 42 heavy (non-hydrogen) atoms. The number of carbonyl (C=O) groups is 1. The van der Waals surface area contributed by atoms with E-state index in [4.69, 9.17) is 4.74 Å². The number of nitrogens with one attached hydrogen (secondary N) is 2. The minimum atomic E-state index is -4.14. The fourth-order valence-corrected chi connectivity index (χ4v) is 6.78. The summed E-state index contributed by atoms with van der Waals surface area (Å²) in [5.41, 5.74) is 2.30. The maximum atomic E-state index is 14.3. The summed E-state index contributed by atoms with van der Waals surface area (Å²) in [6.07, 6.45) is 3.22. The third kappa shape index (κ3) is 6.11. The molecule has 5 rings (SSSR count). The van der Waals surface area contributed by atoms with E-state index in [1.165, 1.54) is 10.6 Å². The number of carbonyl (C=O) groups excluding carboxylic acids is 1. The SMILES string of the molecule is CCc1ccc(S(=O)(=O)N(Cc2cnc[nH]2)[C@@H]2c3cc(C(=O)NCCc4ccccc4)ccc3OC(C)(C)[C@H]2O)cc1. The first kappa shape index (κ1) is 29.5. The first-order valence-corrected chi connectivity index (χ1v) is 15.5. The zero-order valence-electron chi connectivity index (χ0n) is 23.9. The molecule has 4 aromatic rings. The highest BCUT2D eigenvalue weighted by Gasteiger charge is 2.49. The van der Waals surface area contributed by atoms with Crippen molar-refractivity contribution in [2.45, 2.75) is 62.8 Å². The number of aromatic nitrogens is 2. The van der Waals surface area contributed by atoms with Crippen LogP contribution in [0.15, 0.2) is 90.2 Å². The molecule has 0 radical (unpaired) electrons. The van der Waals surface area contributed by atoms with Crippen molar-refractivity contribution in [2.75, 3.05) is 6.54 Å². The quantitative estimate of drug-likeness (QED) is 0.252. The van der Waals surface area contributed by atoms with Crippen LogP contribution in [0.25, 0.3) is 0 Å². The Morgan fingerprint density at radius 1 is 1.07 bits per heavy atom. The Kier molecular flexibility index (Phi) is 8.49. The molecule has 0 saturated carbocycles. The maximum absolute atomic E-state index is 14.3. The van der Waals surface area contributed by atoms with Crippen LogP contribution >= 0.6 is 0 Å². The van der Waals surface area contributed by atoms with Crippen LogP contribution in [0, 0.1) is 0 Å². The fourth-order valence-electron chi connectivity index (χ4n) is 5.19. The lowest BCUT2D eigenvalue weighted by Crippen LogP contribution is -2.54. The van der Waals surface area contributed by atoms with Crippen LogP contribution in [0.3, 0.4) is 0 Å². The van der Waals surface area contributed by atoms with Crippen molar-refractivity contribution in [2.24, 2.45) is 0 Å². The number of nitrogens with zero attached hydrogens (tertiary/aromatic N) is 2. The Morgan fingerprint density at radius 3 is 2.48 bits per heavy atom. The van der Waals surface area contributed by atoms with Crippen LogP contribution in [-0.2, 0) is 29.4 Å². The number of aryl methyl sites for hydroxylation is 1. The average Bonchev–Trinajstić information content (AvgIpc) is 3.50. The van der Waals surface area contributed by atoms with E-state index in [0.29, 0.717) is 35.5 Å². The van der Waals surface area contributed by atoms with Gasteiger partial charge in [-0.05, 0) is 68.1 Å². The molecular weight excluding hydrogens is 552 g/mol. The average molecular weight is 589 g/mol. The first-order chi connectivity index (χ1) is 20.1. The fraction of sp³-hybridized carbons (Fsp3) is 0.312. The van der Waals surface area contributed by atoms with Gasteiger partial charge in [0.05, 0.1) is 23.8 Å². The third-order valence-corrected chi connectivity index (χ3v) is 9.49. The predicted octanol–water partition coefficient (Wildman–Crippen LogP) is 4.41. The van der Waals surface area contributed by atoms with Crippen LogP contribution in [-0.4, -0.2) is 52.0 Å². The number of rotatable bonds is 10. The van der Waals surface area contributed by atoms with Gasteiger partial charge < -0.3 is 20.1 Å². The van der Waals surface area contributed by atoms with E-state index < -0.39 is 27.8 Å². The van der Waals surface area contributed by atoms with Crippen LogP contribution in [0.4, 0.5) is 0 Å². The van der Waals surface area contributed by atoms with Crippen LogP contribution in [0.2, 0.25) is 0 Å². The molecule has 0 spiro atoms. The van der Waals surface area contributed by atoms with Gasteiger partial charge >= 0.3 is 0 Å². The number of amides is 1. The molecule has 2 atom stereocenters. The number of benzene rings is 3. The number of sulfonamides is 1. The molecule has 10 heteroatoms. The van der Waals surface area contributed by atoms with Gasteiger partial charge in [-0.1, -0.05) is 49.4 Å². The Hall–Kier alpha value is -3.99. The number of aliphatic hydroxyl groups is 1. The summed E-state index contributed by atoms with van der Waals surface area (Å²) < 4.78 is 36.0. The molecule has 0 unspecified atom stereocenters. The smallest absolute Gasteiger partial charge is 0.251 e. The summed E-state index contributed by atoms with van der Waals surface area (Å²) in [5, 5.41) is 14.6. The number of imidazole rings is 1. The molecule has 0 fully saturated rings. The zero-order valence-corrected chi connectivity index (χ0v) is 24.8. The second-order valence-corrected chi connectivity index (χ2v) is 12.9. The number of aromatic amines is 1. The van der Waals surface area contributed by atoms with Crippen molar-refractivity contribution < 1.29 is 23.1 Å². The molecule has 0 aliphatic carbocycles. The number of hydrogen-bond donors (Lipinski definition) is 3. The molecular formula is C32H36N4O5S. The van der Waals surface area contributed by atoms with Gasteiger partial charge in [-0.2, -0.15) is 4.31 Å². The van der Waals surface area contributed by atoms with E-state index in [9.17, 15) is 18.3 Å². The van der Waals surface area contributed by atoms with Gasteiger partial charge in [-0.15, -0.1) is 0 Å². The van der Waals surface area contributed by atoms with E-state index in [1.54, 1.807) is 62.5 Å². The summed E-state index contributed by atoms with van der Waals surface area (Å²) in [4.78, 5) is 20.3. The Balaban J connectivity index is 1.53. The topological polar surface area (TPSA) is 125 Å². The van der Waals surface area contributed by atoms with Gasteiger partial charge in [-0.25, -0.2) is 13.4 Å². The zero-order chi connectivity index (χ0) is 29.9. The van der Waals surface area contributed by atoms with Crippen LogP contribution in [0.5, 0.6) is 5.75 Å². The van der Waals surface area contributed by atoms with Gasteiger partial charge in [0.2, 0.25) is 10.0 Å². The summed E-state index contributed by atoms with van der Waals surface area (Å²) in [5.74, 6) is 0.104. The van der Waals surface area contributed by atoms with Crippen molar-refractivity contribution >= 4 is 15.9 Å². The maximum Gasteiger partial charge on any atom is 0.251 e. The van der Waals surface area contributed by atoms with Crippen LogP contribution < -0.4 is 10.1 Å². The summed E-state index contributed by atoms with van der Waals surface area (Å²) in [6, 6.07) is 20.5. The molecule has 2 heterocycles. The van der Waals surface area contributed by atoms with Crippen molar-refractivity contribution in [1.29, 1.82) is 0 Å². The lowest BCUT2D eigenvalue weighted by atomic mass is 9.85. The number of fused-ring (bicyclic) bond motifs is 1. The highest BCUT2D eigenvalue weighted by molar-refractivity contribution is 7.89. The van der Waals surface area contributed by atoms with Gasteiger partial charge in [0.15, 0.2) is 0 Å². The Bertz CT molecular complexity index is 1620. The standard InChI is InChI=1S/C32H36N4O5S/c1-4-22-10-13-26(14-11-22)42(39,40)36(20-25-19-33-21-35-25)29-27-18-24(12-15-28(27)41-32(2,3)30(29)37)31(38)34-17-16-23-8-6-5-7-9-23/h5-15,18-19,21,29-30,37H,4,16-17,20H2,1-3H3,(H,33,35)(H,34,38)/t29-,30+/m1/s1. The highest BCUT2D eigenvalue weighted by atomic mass is 32.2.